The first-order valence-corrected chi connectivity index (χ1v) is 11.6. The van der Waals surface area contributed by atoms with Gasteiger partial charge >= 0.3 is 0 Å². The number of hydrogen-bond donors (Lipinski definition) is 1. The Morgan fingerprint density at radius 2 is 1.81 bits per heavy atom. The van der Waals surface area contributed by atoms with Gasteiger partial charge in [0.15, 0.2) is 0 Å². The van der Waals surface area contributed by atoms with Crippen molar-refractivity contribution in [3.63, 3.8) is 0 Å². The third kappa shape index (κ3) is 2.69. The Bertz CT molecular complexity index is 701. The molecule has 27 heavy (non-hydrogen) atoms. The minimum Gasteiger partial charge on any atom is -0.353 e. The van der Waals surface area contributed by atoms with Gasteiger partial charge in [0.05, 0.1) is 0 Å². The van der Waals surface area contributed by atoms with E-state index in [1.165, 1.54) is 44.9 Å². The molecule has 0 heterocycles. The summed E-state index contributed by atoms with van der Waals surface area (Å²) in [6, 6.07) is 0.391. The fourth-order valence-corrected chi connectivity index (χ4v) is 7.65. The van der Waals surface area contributed by atoms with Gasteiger partial charge in [-0.2, -0.15) is 0 Å². The normalized spacial score (nSPS) is 45.9. The van der Waals surface area contributed by atoms with E-state index in [9.17, 15) is 4.79 Å². The Morgan fingerprint density at radius 1 is 1.04 bits per heavy atom. The van der Waals surface area contributed by atoms with Crippen LogP contribution in [0.15, 0.2) is 23.3 Å². The van der Waals surface area contributed by atoms with Crippen LogP contribution < -0.4 is 5.32 Å². The summed E-state index contributed by atoms with van der Waals surface area (Å²) in [6.07, 6.45) is 17.6. The maximum absolute atomic E-state index is 12.2. The van der Waals surface area contributed by atoms with Crippen LogP contribution in [0.3, 0.4) is 0 Å². The molecule has 5 aliphatic carbocycles. The van der Waals surface area contributed by atoms with Gasteiger partial charge in [-0.15, -0.1) is 0 Å². The second-order valence-corrected chi connectivity index (χ2v) is 10.8. The van der Waals surface area contributed by atoms with Crippen molar-refractivity contribution in [3.8, 4) is 0 Å². The van der Waals surface area contributed by atoms with Gasteiger partial charge in [0.25, 0.3) is 0 Å². The first-order valence-electron chi connectivity index (χ1n) is 11.6. The maximum Gasteiger partial charge on any atom is 0.223 e. The molecule has 6 unspecified atom stereocenters. The van der Waals surface area contributed by atoms with E-state index in [2.05, 4.69) is 38.2 Å². The number of hydrogen-bond acceptors (Lipinski definition) is 1. The molecule has 0 aliphatic heterocycles. The van der Waals surface area contributed by atoms with E-state index < -0.39 is 0 Å². The molecule has 0 aromatic heterocycles. The lowest BCUT2D eigenvalue weighted by Gasteiger charge is -2.58. The van der Waals surface area contributed by atoms with Crippen LogP contribution in [-0.4, -0.2) is 11.9 Å². The summed E-state index contributed by atoms with van der Waals surface area (Å²) in [5.74, 6) is 3.26. The van der Waals surface area contributed by atoms with Crippen LogP contribution >= 0.6 is 0 Å². The van der Waals surface area contributed by atoms with Crippen molar-refractivity contribution < 1.29 is 4.79 Å². The van der Waals surface area contributed by atoms with Gasteiger partial charge in [0.1, 0.15) is 0 Å². The number of nitrogens with one attached hydrogen (secondary N) is 1. The zero-order valence-corrected chi connectivity index (χ0v) is 17.5. The molecular weight excluding hydrogens is 330 g/mol. The molecule has 1 amide bonds. The van der Waals surface area contributed by atoms with Crippen molar-refractivity contribution in [2.24, 2.45) is 34.5 Å². The van der Waals surface area contributed by atoms with Crippen molar-refractivity contribution in [3.05, 3.63) is 23.3 Å². The predicted molar refractivity (Wildman–Crippen MR) is 110 cm³/mol. The van der Waals surface area contributed by atoms with Gasteiger partial charge in [-0.05, 0) is 92.8 Å². The molecule has 0 aromatic rings. The van der Waals surface area contributed by atoms with Gasteiger partial charge in [-0.25, -0.2) is 0 Å². The molecule has 3 fully saturated rings. The van der Waals surface area contributed by atoms with Crippen LogP contribution in [-0.2, 0) is 4.79 Å². The molecule has 5 aliphatic rings. The average Bonchev–Trinajstić information content (AvgIpc) is 3.44. The van der Waals surface area contributed by atoms with Crippen molar-refractivity contribution in [1.82, 2.24) is 5.32 Å². The summed E-state index contributed by atoms with van der Waals surface area (Å²) >= 11 is 0. The van der Waals surface area contributed by atoms with Crippen molar-refractivity contribution in [2.75, 3.05) is 0 Å². The first-order chi connectivity index (χ1) is 13.0. The summed E-state index contributed by atoms with van der Waals surface area (Å²) in [5, 5.41) is 3.37. The van der Waals surface area contributed by atoms with Crippen molar-refractivity contribution >= 4 is 5.91 Å². The Labute approximate surface area is 165 Å². The largest absolute Gasteiger partial charge is 0.353 e. The maximum atomic E-state index is 12.2. The van der Waals surface area contributed by atoms with Crippen LogP contribution in [0.1, 0.15) is 85.0 Å². The monoisotopic (exact) mass is 367 g/mol. The Balaban J connectivity index is 1.34. The van der Waals surface area contributed by atoms with Crippen LogP contribution in [0.2, 0.25) is 0 Å². The zero-order valence-electron chi connectivity index (χ0n) is 17.5. The number of carbonyl (C=O) groups is 1. The van der Waals surface area contributed by atoms with E-state index >= 15 is 0 Å². The summed E-state index contributed by atoms with van der Waals surface area (Å²) in [4.78, 5) is 12.2. The second kappa shape index (κ2) is 6.22. The molecule has 0 bridgehead atoms. The van der Waals surface area contributed by atoms with Crippen LogP contribution in [0.4, 0.5) is 0 Å². The van der Waals surface area contributed by atoms with Crippen LogP contribution in [0.5, 0.6) is 0 Å². The third-order valence-corrected chi connectivity index (χ3v) is 9.52. The predicted octanol–water partition coefficient (Wildman–Crippen LogP) is 5.79. The molecule has 0 saturated heterocycles. The molecule has 2 nitrogen and oxygen atoms in total. The highest BCUT2D eigenvalue weighted by Gasteiger charge is 2.56. The second-order valence-electron chi connectivity index (χ2n) is 10.8. The first kappa shape index (κ1) is 18.0. The van der Waals surface area contributed by atoms with Gasteiger partial charge in [-0.3, -0.25) is 4.79 Å². The molecule has 6 atom stereocenters. The molecule has 1 N–H and O–H groups in total. The fraction of sp³-hybridized carbons (Fsp3) is 0.800. The molecule has 0 radical (unpaired) electrons. The quantitative estimate of drug-likeness (QED) is 0.628. The van der Waals surface area contributed by atoms with E-state index in [0.717, 1.165) is 37.0 Å². The summed E-state index contributed by atoms with van der Waals surface area (Å²) in [7, 11) is 0. The van der Waals surface area contributed by atoms with E-state index in [4.69, 9.17) is 0 Å². The Kier molecular flexibility index (Phi) is 4.15. The highest BCUT2D eigenvalue weighted by atomic mass is 16.2. The van der Waals surface area contributed by atoms with Gasteiger partial charge in [0, 0.05) is 12.0 Å². The number of allylic oxidation sites excluding steroid dienone is 3. The summed E-state index contributed by atoms with van der Waals surface area (Å²) in [6.45, 7) is 7.49. The molecule has 5 rings (SSSR count). The van der Waals surface area contributed by atoms with Gasteiger partial charge in [-0.1, -0.05) is 44.1 Å². The Hall–Kier alpha value is -1.05. The van der Waals surface area contributed by atoms with E-state index in [1.807, 2.05) is 0 Å². The zero-order chi connectivity index (χ0) is 18.8. The molecule has 3 saturated carbocycles. The van der Waals surface area contributed by atoms with Crippen LogP contribution in [0.25, 0.3) is 0 Å². The SMILES string of the molecule is CCC1=CCC2C3CC=C4CC(NC(=O)C5CC5)CCC4(C)C3CCC12C. The highest BCUT2D eigenvalue weighted by Crippen LogP contribution is 2.65. The highest BCUT2D eigenvalue weighted by molar-refractivity contribution is 5.81. The molecule has 0 aromatic carbocycles. The topological polar surface area (TPSA) is 29.1 Å². The fourth-order valence-electron chi connectivity index (χ4n) is 7.65. The third-order valence-electron chi connectivity index (χ3n) is 9.52. The molecule has 2 heteroatoms. The lowest BCUT2D eigenvalue weighted by atomic mass is 9.47. The molecule has 0 spiro atoms. The van der Waals surface area contributed by atoms with Crippen molar-refractivity contribution in [2.45, 2.75) is 91.0 Å². The van der Waals surface area contributed by atoms with E-state index in [1.54, 1.807) is 11.1 Å². The van der Waals surface area contributed by atoms with E-state index in [-0.39, 0.29) is 0 Å². The number of fused-ring (bicyclic) bond motifs is 5. The number of rotatable bonds is 3. The lowest BCUT2D eigenvalue weighted by molar-refractivity contribution is -0.123. The lowest BCUT2D eigenvalue weighted by Crippen LogP contribution is -2.51. The average molecular weight is 368 g/mol. The van der Waals surface area contributed by atoms with Crippen LogP contribution in [0, 0.1) is 34.5 Å². The minimum absolute atomic E-state index is 0.329. The molecular formula is C25H37NO. The standard InChI is InChI=1S/C25H37NO/c1-4-17-8-10-21-20-9-7-18-15-19(26-23(27)16-5-6-16)11-13-25(18,3)22(20)12-14-24(17,21)2/h7-8,16,19-22H,4-6,9-15H2,1-3H3,(H,26,27). The van der Waals surface area contributed by atoms with E-state index in [0.29, 0.717) is 28.7 Å². The van der Waals surface area contributed by atoms with Crippen molar-refractivity contribution in [1.29, 1.82) is 0 Å². The van der Waals surface area contributed by atoms with Gasteiger partial charge < -0.3 is 5.32 Å². The summed E-state index contributed by atoms with van der Waals surface area (Å²) in [5.41, 5.74) is 4.30. The number of carbonyl (C=O) groups excluding carboxylic acids is 1. The summed E-state index contributed by atoms with van der Waals surface area (Å²) < 4.78 is 0. The Morgan fingerprint density at radius 3 is 2.56 bits per heavy atom. The molecule has 148 valence electrons. The minimum atomic E-state index is 0.329. The number of amides is 1. The smallest absolute Gasteiger partial charge is 0.223 e. The van der Waals surface area contributed by atoms with Gasteiger partial charge in [0.2, 0.25) is 5.91 Å².